The van der Waals surface area contributed by atoms with E-state index in [9.17, 15) is 9.90 Å². The number of nitrogens with two attached hydrogens (primary N) is 1. The lowest BCUT2D eigenvalue weighted by Gasteiger charge is -2.10. The molecule has 0 fully saturated rings. The maximum atomic E-state index is 10.4. The van der Waals surface area contributed by atoms with E-state index in [0.717, 1.165) is 25.8 Å². The summed E-state index contributed by atoms with van der Waals surface area (Å²) >= 11 is 0. The summed E-state index contributed by atoms with van der Waals surface area (Å²) in [5.41, 5.74) is 5.00. The molecule has 0 aliphatic rings. The summed E-state index contributed by atoms with van der Waals surface area (Å²) in [6.07, 6.45) is 2.84. The predicted octanol–water partition coefficient (Wildman–Crippen LogP) is -0.371. The zero-order chi connectivity index (χ0) is 11.5. The molecule has 0 aliphatic heterocycles. The molecule has 0 aromatic carbocycles. The Bertz CT molecular complexity index is 165. The summed E-state index contributed by atoms with van der Waals surface area (Å²) in [5, 5.41) is 12.4. The summed E-state index contributed by atoms with van der Waals surface area (Å²) in [4.78, 5) is 10.4. The average Bonchev–Trinajstić information content (AvgIpc) is 2.16. The number of methoxy groups -OCH3 is 1. The van der Waals surface area contributed by atoms with Gasteiger partial charge in [0.15, 0.2) is 0 Å². The van der Waals surface area contributed by atoms with E-state index in [2.05, 4.69) is 5.32 Å². The molecule has 0 spiro atoms. The van der Waals surface area contributed by atoms with Crippen LogP contribution >= 0.6 is 0 Å². The molecule has 0 saturated heterocycles. The first-order valence-corrected chi connectivity index (χ1v) is 5.33. The Morgan fingerprint density at radius 3 is 2.80 bits per heavy atom. The van der Waals surface area contributed by atoms with E-state index in [1.165, 1.54) is 0 Å². The van der Waals surface area contributed by atoms with Crippen molar-refractivity contribution in [1.82, 2.24) is 5.32 Å². The zero-order valence-electron chi connectivity index (χ0n) is 9.37. The number of amides is 1. The molecule has 0 aliphatic carbocycles. The highest BCUT2D eigenvalue weighted by Crippen LogP contribution is 1.97. The predicted molar refractivity (Wildman–Crippen MR) is 58.4 cm³/mol. The van der Waals surface area contributed by atoms with Gasteiger partial charge in [-0.1, -0.05) is 6.42 Å². The summed E-state index contributed by atoms with van der Waals surface area (Å²) < 4.78 is 4.78. The van der Waals surface area contributed by atoms with Gasteiger partial charge in [0, 0.05) is 20.1 Å². The van der Waals surface area contributed by atoms with E-state index in [-0.39, 0.29) is 5.91 Å². The lowest BCUT2D eigenvalue weighted by molar-refractivity contribution is -0.118. The molecule has 15 heavy (non-hydrogen) atoms. The molecule has 0 aromatic heterocycles. The van der Waals surface area contributed by atoms with Gasteiger partial charge >= 0.3 is 0 Å². The number of carbonyl (C=O) groups is 1. The van der Waals surface area contributed by atoms with Crippen LogP contribution in [0.3, 0.4) is 0 Å². The molecule has 0 radical (unpaired) electrons. The maximum absolute atomic E-state index is 10.4. The summed E-state index contributed by atoms with van der Waals surface area (Å²) in [6.45, 7) is 1.75. The lowest BCUT2D eigenvalue weighted by Crippen LogP contribution is -2.30. The third-order valence-electron chi connectivity index (χ3n) is 2.02. The number of aliphatic hydroxyl groups is 1. The van der Waals surface area contributed by atoms with Crippen molar-refractivity contribution in [2.24, 2.45) is 5.73 Å². The van der Waals surface area contributed by atoms with Crippen LogP contribution < -0.4 is 11.1 Å². The van der Waals surface area contributed by atoms with Crippen molar-refractivity contribution < 1.29 is 14.6 Å². The number of rotatable bonds is 10. The molecule has 4 N–H and O–H groups in total. The largest absolute Gasteiger partial charge is 0.389 e. The monoisotopic (exact) mass is 218 g/mol. The van der Waals surface area contributed by atoms with Crippen LogP contribution in [0, 0.1) is 0 Å². The standard InChI is InChI=1S/C10H22N2O3/c1-15-8-9(13)7-12-6-4-2-3-5-10(11)14/h9,12-13H,2-8H2,1H3,(H2,11,14). The average molecular weight is 218 g/mol. The first kappa shape index (κ1) is 14.3. The van der Waals surface area contributed by atoms with Crippen LogP contribution in [0.15, 0.2) is 0 Å². The molecular formula is C10H22N2O3. The van der Waals surface area contributed by atoms with Gasteiger partial charge in [0.2, 0.25) is 5.91 Å². The highest BCUT2D eigenvalue weighted by molar-refractivity contribution is 5.73. The summed E-state index contributed by atoms with van der Waals surface area (Å²) in [6, 6.07) is 0. The van der Waals surface area contributed by atoms with Gasteiger partial charge in [-0.2, -0.15) is 0 Å². The molecule has 90 valence electrons. The van der Waals surface area contributed by atoms with E-state index in [1.54, 1.807) is 7.11 Å². The minimum absolute atomic E-state index is 0.238. The molecule has 0 rings (SSSR count). The summed E-state index contributed by atoms with van der Waals surface area (Å²) in [7, 11) is 1.56. The van der Waals surface area contributed by atoms with Gasteiger partial charge in [-0.05, 0) is 19.4 Å². The highest BCUT2D eigenvalue weighted by atomic mass is 16.5. The van der Waals surface area contributed by atoms with Crippen molar-refractivity contribution in [2.45, 2.75) is 31.8 Å². The van der Waals surface area contributed by atoms with Gasteiger partial charge < -0.3 is 20.9 Å². The third-order valence-corrected chi connectivity index (χ3v) is 2.02. The van der Waals surface area contributed by atoms with Crippen LogP contribution in [0.2, 0.25) is 0 Å². The van der Waals surface area contributed by atoms with Gasteiger partial charge in [-0.25, -0.2) is 0 Å². The molecule has 1 amide bonds. The molecule has 1 atom stereocenters. The van der Waals surface area contributed by atoms with Crippen molar-refractivity contribution in [3.63, 3.8) is 0 Å². The van der Waals surface area contributed by atoms with E-state index in [4.69, 9.17) is 10.5 Å². The fourth-order valence-electron chi connectivity index (χ4n) is 1.25. The van der Waals surface area contributed by atoms with Crippen molar-refractivity contribution in [3.8, 4) is 0 Å². The Labute approximate surface area is 91.0 Å². The minimum atomic E-state index is -0.444. The second kappa shape index (κ2) is 9.89. The van der Waals surface area contributed by atoms with Crippen LogP contribution in [0.25, 0.3) is 0 Å². The maximum Gasteiger partial charge on any atom is 0.217 e. The molecule has 5 heteroatoms. The molecule has 0 saturated carbocycles. The lowest BCUT2D eigenvalue weighted by atomic mass is 10.2. The Kier molecular flexibility index (Phi) is 9.46. The number of carbonyl (C=O) groups excluding carboxylic acids is 1. The molecular weight excluding hydrogens is 196 g/mol. The van der Waals surface area contributed by atoms with Crippen LogP contribution in [-0.2, 0) is 9.53 Å². The van der Waals surface area contributed by atoms with Gasteiger partial charge in [0.05, 0.1) is 12.7 Å². The Morgan fingerprint density at radius 1 is 1.47 bits per heavy atom. The Morgan fingerprint density at radius 2 is 2.20 bits per heavy atom. The Hall–Kier alpha value is -0.650. The molecule has 0 heterocycles. The molecule has 0 aromatic rings. The smallest absolute Gasteiger partial charge is 0.217 e. The third kappa shape index (κ3) is 11.3. The minimum Gasteiger partial charge on any atom is -0.389 e. The van der Waals surface area contributed by atoms with Crippen molar-refractivity contribution in [1.29, 1.82) is 0 Å². The number of hydrogen-bond acceptors (Lipinski definition) is 4. The number of aliphatic hydroxyl groups excluding tert-OH is 1. The molecule has 1 unspecified atom stereocenters. The zero-order valence-corrected chi connectivity index (χ0v) is 9.37. The topological polar surface area (TPSA) is 84.6 Å². The van der Waals surface area contributed by atoms with Crippen molar-refractivity contribution in [2.75, 3.05) is 26.8 Å². The Balaban J connectivity index is 3.07. The number of ether oxygens (including phenoxy) is 1. The number of nitrogens with one attached hydrogen (secondary N) is 1. The highest BCUT2D eigenvalue weighted by Gasteiger charge is 2.01. The van der Waals surface area contributed by atoms with Gasteiger partial charge in [0.25, 0.3) is 0 Å². The fraction of sp³-hybridized carbons (Fsp3) is 0.900. The van der Waals surface area contributed by atoms with Gasteiger partial charge in [0.1, 0.15) is 0 Å². The second-order valence-corrected chi connectivity index (χ2v) is 3.59. The number of hydrogen-bond donors (Lipinski definition) is 3. The van der Waals surface area contributed by atoms with Crippen LogP contribution in [-0.4, -0.2) is 43.9 Å². The van der Waals surface area contributed by atoms with E-state index in [0.29, 0.717) is 19.6 Å². The summed E-state index contributed by atoms with van der Waals surface area (Å²) in [5.74, 6) is -0.238. The number of unbranched alkanes of at least 4 members (excludes halogenated alkanes) is 2. The SMILES string of the molecule is COCC(O)CNCCCCCC(N)=O. The van der Waals surface area contributed by atoms with E-state index < -0.39 is 6.10 Å². The fourth-order valence-corrected chi connectivity index (χ4v) is 1.25. The molecule has 0 bridgehead atoms. The number of primary amides is 1. The van der Waals surface area contributed by atoms with Crippen LogP contribution in [0.1, 0.15) is 25.7 Å². The van der Waals surface area contributed by atoms with Crippen molar-refractivity contribution in [3.05, 3.63) is 0 Å². The first-order valence-electron chi connectivity index (χ1n) is 5.33. The van der Waals surface area contributed by atoms with Gasteiger partial charge in [-0.3, -0.25) is 4.79 Å². The second-order valence-electron chi connectivity index (χ2n) is 3.59. The van der Waals surface area contributed by atoms with Crippen molar-refractivity contribution >= 4 is 5.91 Å². The molecule has 5 nitrogen and oxygen atoms in total. The van der Waals surface area contributed by atoms with Gasteiger partial charge in [-0.15, -0.1) is 0 Å². The van der Waals surface area contributed by atoms with Crippen LogP contribution in [0.5, 0.6) is 0 Å². The quantitative estimate of drug-likeness (QED) is 0.437. The van der Waals surface area contributed by atoms with E-state index in [1.807, 2.05) is 0 Å². The normalized spacial score (nSPS) is 12.7. The first-order chi connectivity index (χ1) is 7.16. The van der Waals surface area contributed by atoms with Crippen LogP contribution in [0.4, 0.5) is 0 Å². The van der Waals surface area contributed by atoms with E-state index >= 15 is 0 Å².